The van der Waals surface area contributed by atoms with E-state index in [1.54, 1.807) is 55.5 Å². The summed E-state index contributed by atoms with van der Waals surface area (Å²) in [5.74, 6) is -0.308. The van der Waals surface area contributed by atoms with Gasteiger partial charge in [-0.15, -0.1) is 0 Å². The third-order valence-corrected chi connectivity index (χ3v) is 7.04. The number of ether oxygens (including phenoxy) is 1. The van der Waals surface area contributed by atoms with E-state index in [9.17, 15) is 27.9 Å². The number of carbonyl (C=O) groups excluding carboxylic acids is 2. The zero-order valence-electron chi connectivity index (χ0n) is 19.7. The Morgan fingerprint density at radius 2 is 1.68 bits per heavy atom. The molecule has 0 radical (unpaired) electrons. The lowest BCUT2D eigenvalue weighted by molar-refractivity contribution is -0.118. The maximum absolute atomic E-state index is 12.9. The van der Waals surface area contributed by atoms with Crippen molar-refractivity contribution in [3.05, 3.63) is 88.9 Å². The first-order valence-electron chi connectivity index (χ1n) is 10.9. The van der Waals surface area contributed by atoms with Crippen LogP contribution in [-0.2, 0) is 14.8 Å². The molecule has 0 unspecified atom stereocenters. The van der Waals surface area contributed by atoms with Crippen LogP contribution in [-0.4, -0.2) is 55.4 Å². The van der Waals surface area contributed by atoms with Gasteiger partial charge in [0.05, 0.1) is 18.1 Å². The number of rotatable bonds is 11. The molecule has 3 rings (SSSR count). The summed E-state index contributed by atoms with van der Waals surface area (Å²) in [6.45, 7) is 0.611. The molecule has 0 atom stereocenters. The van der Waals surface area contributed by atoms with Crippen LogP contribution in [0, 0.1) is 6.92 Å². The summed E-state index contributed by atoms with van der Waals surface area (Å²) in [5.41, 5.74) is 1.46. The van der Waals surface area contributed by atoms with Crippen LogP contribution < -0.4 is 15.4 Å². The normalized spacial score (nSPS) is 11.0. The van der Waals surface area contributed by atoms with Crippen molar-refractivity contribution >= 4 is 45.1 Å². The van der Waals surface area contributed by atoms with E-state index in [2.05, 4.69) is 10.6 Å². The van der Waals surface area contributed by atoms with E-state index < -0.39 is 28.7 Å². The van der Waals surface area contributed by atoms with Gasteiger partial charge < -0.3 is 15.2 Å². The number of anilines is 1. The standard InChI is InChI=1S/C25H24ClN3O7S/c1-17-13-19(26)7-12-23(17)36-15-24(31)28-20-8-10-21(11-9-20)37(34,35)29(25(32)33)16-27-14-22(30)18-5-3-2-4-6-18/h2-13,27H,14-16H2,1H3,(H,28,31)(H,32,33). The van der Waals surface area contributed by atoms with E-state index in [1.165, 1.54) is 24.3 Å². The number of benzene rings is 3. The fourth-order valence-electron chi connectivity index (χ4n) is 3.21. The molecule has 0 spiro atoms. The summed E-state index contributed by atoms with van der Waals surface area (Å²) in [6.07, 6.45) is -1.72. The zero-order valence-corrected chi connectivity index (χ0v) is 21.3. The summed E-state index contributed by atoms with van der Waals surface area (Å²) < 4.78 is 31.4. The van der Waals surface area contributed by atoms with Crippen LogP contribution in [0.15, 0.2) is 77.7 Å². The highest BCUT2D eigenvalue weighted by Gasteiger charge is 2.29. The molecule has 0 fully saturated rings. The number of carboxylic acid groups (broad SMARTS) is 1. The van der Waals surface area contributed by atoms with E-state index in [1.807, 2.05) is 0 Å². The second-order valence-electron chi connectivity index (χ2n) is 7.78. The number of amides is 2. The largest absolute Gasteiger partial charge is 0.483 e. The number of nitrogens with one attached hydrogen (secondary N) is 2. The highest BCUT2D eigenvalue weighted by molar-refractivity contribution is 7.89. The van der Waals surface area contributed by atoms with Crippen molar-refractivity contribution in [2.75, 3.05) is 25.1 Å². The van der Waals surface area contributed by atoms with Crippen molar-refractivity contribution in [2.24, 2.45) is 0 Å². The van der Waals surface area contributed by atoms with E-state index in [-0.39, 0.29) is 33.8 Å². The van der Waals surface area contributed by atoms with Crippen molar-refractivity contribution < 1.29 is 32.6 Å². The van der Waals surface area contributed by atoms with E-state index >= 15 is 0 Å². The number of Topliss-reactive ketones (excluding diaryl/α,β-unsaturated/α-hetero) is 1. The Kier molecular flexibility index (Phi) is 9.23. The second kappa shape index (κ2) is 12.3. The predicted molar refractivity (Wildman–Crippen MR) is 137 cm³/mol. The molecule has 0 aliphatic rings. The van der Waals surface area contributed by atoms with Gasteiger partial charge in [-0.25, -0.2) is 13.2 Å². The molecule has 0 aromatic heterocycles. The summed E-state index contributed by atoms with van der Waals surface area (Å²) in [7, 11) is -4.45. The van der Waals surface area contributed by atoms with Crippen LogP contribution in [0.4, 0.5) is 10.5 Å². The Balaban J connectivity index is 1.58. The van der Waals surface area contributed by atoms with Gasteiger partial charge in [-0.05, 0) is 55.0 Å². The molecule has 0 aliphatic heterocycles. The second-order valence-corrected chi connectivity index (χ2v) is 10.1. The lowest BCUT2D eigenvalue weighted by atomic mass is 10.1. The average Bonchev–Trinajstić information content (AvgIpc) is 2.86. The van der Waals surface area contributed by atoms with Crippen molar-refractivity contribution in [3.63, 3.8) is 0 Å². The maximum atomic E-state index is 12.9. The highest BCUT2D eigenvalue weighted by atomic mass is 35.5. The molecule has 2 amide bonds. The van der Waals surface area contributed by atoms with E-state index in [0.29, 0.717) is 16.3 Å². The Morgan fingerprint density at radius 1 is 1.00 bits per heavy atom. The van der Waals surface area contributed by atoms with Crippen molar-refractivity contribution in [3.8, 4) is 5.75 Å². The first-order valence-corrected chi connectivity index (χ1v) is 12.7. The Hall–Kier alpha value is -3.93. The van der Waals surface area contributed by atoms with Crippen LogP contribution in [0.5, 0.6) is 5.75 Å². The van der Waals surface area contributed by atoms with Crippen LogP contribution in [0.3, 0.4) is 0 Å². The molecule has 3 aromatic carbocycles. The molecule has 0 bridgehead atoms. The minimum Gasteiger partial charge on any atom is -0.483 e. The van der Waals surface area contributed by atoms with Gasteiger partial charge in [0.25, 0.3) is 15.9 Å². The zero-order chi connectivity index (χ0) is 27.0. The number of ketones is 1. The Bertz CT molecular complexity index is 1380. The smallest absolute Gasteiger partial charge is 0.422 e. The van der Waals surface area contributed by atoms with Gasteiger partial charge in [0.15, 0.2) is 12.4 Å². The Labute approximate surface area is 218 Å². The van der Waals surface area contributed by atoms with Crippen LogP contribution in [0.25, 0.3) is 0 Å². The highest BCUT2D eigenvalue weighted by Crippen LogP contribution is 2.22. The number of hydrogen-bond donors (Lipinski definition) is 3. The summed E-state index contributed by atoms with van der Waals surface area (Å²) in [5, 5.41) is 15.1. The van der Waals surface area contributed by atoms with Crippen LogP contribution >= 0.6 is 11.6 Å². The molecule has 37 heavy (non-hydrogen) atoms. The minimum absolute atomic E-state index is 0.196. The molecule has 0 aliphatic carbocycles. The molecule has 3 aromatic rings. The van der Waals surface area contributed by atoms with E-state index in [0.717, 1.165) is 5.56 Å². The fraction of sp³-hybridized carbons (Fsp3) is 0.160. The number of carbonyl (C=O) groups is 3. The van der Waals surface area contributed by atoms with Crippen molar-refractivity contribution in [1.82, 2.24) is 9.62 Å². The van der Waals surface area contributed by atoms with Gasteiger partial charge in [-0.1, -0.05) is 41.9 Å². The van der Waals surface area contributed by atoms with Gasteiger partial charge in [0, 0.05) is 16.3 Å². The lowest BCUT2D eigenvalue weighted by Gasteiger charge is -2.20. The van der Waals surface area contributed by atoms with Crippen molar-refractivity contribution in [2.45, 2.75) is 11.8 Å². The summed E-state index contributed by atoms with van der Waals surface area (Å²) in [4.78, 5) is 35.7. The number of hydrogen-bond acceptors (Lipinski definition) is 7. The predicted octanol–water partition coefficient (Wildman–Crippen LogP) is 3.76. The van der Waals surface area contributed by atoms with Gasteiger partial charge in [-0.3, -0.25) is 14.9 Å². The SMILES string of the molecule is Cc1cc(Cl)ccc1OCC(=O)Nc1ccc(S(=O)(=O)N(CNCC(=O)c2ccccc2)C(=O)O)cc1. The lowest BCUT2D eigenvalue weighted by Crippen LogP contribution is -2.43. The molecule has 10 nitrogen and oxygen atoms in total. The third kappa shape index (κ3) is 7.53. The number of aryl methyl sites for hydroxylation is 1. The average molecular weight is 546 g/mol. The number of halogens is 1. The van der Waals surface area contributed by atoms with Gasteiger partial charge in [0.2, 0.25) is 0 Å². The molecule has 0 saturated heterocycles. The molecular weight excluding hydrogens is 522 g/mol. The number of sulfonamides is 1. The first kappa shape index (κ1) is 27.7. The van der Waals surface area contributed by atoms with Gasteiger partial charge in [0.1, 0.15) is 5.75 Å². The molecule has 0 heterocycles. The maximum Gasteiger partial charge on any atom is 0.422 e. The fourth-order valence-corrected chi connectivity index (χ4v) is 4.63. The topological polar surface area (TPSA) is 142 Å². The Morgan fingerprint density at radius 3 is 2.30 bits per heavy atom. The van der Waals surface area contributed by atoms with Crippen LogP contribution in [0.1, 0.15) is 15.9 Å². The first-order chi connectivity index (χ1) is 17.6. The third-order valence-electron chi connectivity index (χ3n) is 5.07. The molecular formula is C25H24ClN3O7S. The monoisotopic (exact) mass is 545 g/mol. The van der Waals surface area contributed by atoms with Crippen LogP contribution in [0.2, 0.25) is 5.02 Å². The van der Waals surface area contributed by atoms with E-state index in [4.69, 9.17) is 16.3 Å². The van der Waals surface area contributed by atoms with Crippen molar-refractivity contribution in [1.29, 1.82) is 0 Å². The quantitative estimate of drug-likeness (QED) is 0.244. The molecule has 3 N–H and O–H groups in total. The molecule has 0 saturated carbocycles. The van der Waals surface area contributed by atoms with Gasteiger partial charge >= 0.3 is 6.09 Å². The summed E-state index contributed by atoms with van der Waals surface area (Å²) in [6, 6.07) is 18.3. The molecule has 12 heteroatoms. The number of nitrogens with zero attached hydrogens (tertiary/aromatic N) is 1. The summed E-state index contributed by atoms with van der Waals surface area (Å²) >= 11 is 5.90. The van der Waals surface area contributed by atoms with Gasteiger partial charge in [-0.2, -0.15) is 4.31 Å². The minimum atomic E-state index is -4.45. The molecule has 194 valence electrons.